The summed E-state index contributed by atoms with van der Waals surface area (Å²) in [6, 6.07) is 15.8. The van der Waals surface area contributed by atoms with Gasteiger partial charge in [-0.05, 0) is 54.1 Å². The highest BCUT2D eigenvalue weighted by atomic mass is 35.5. The second-order valence-electron chi connectivity index (χ2n) is 6.92. The molecule has 0 saturated carbocycles. The Morgan fingerprint density at radius 1 is 0.938 bits per heavy atom. The zero-order valence-corrected chi connectivity index (χ0v) is 18.9. The van der Waals surface area contributed by atoms with E-state index in [2.05, 4.69) is 10.0 Å². The maximum atomic E-state index is 12.7. The second-order valence-corrected chi connectivity index (χ2v) is 9.42. The highest BCUT2D eigenvalue weighted by molar-refractivity contribution is 7.92. The molecular weight excluding hydrogens is 475 g/mol. The molecule has 7 nitrogen and oxygen atoms in total. The molecule has 0 aliphatic carbocycles. The first-order valence-electron chi connectivity index (χ1n) is 9.56. The molecule has 1 amide bonds. The molecular formula is C22H18Cl2N2O5S. The lowest BCUT2D eigenvalue weighted by atomic mass is 10.1. The van der Waals surface area contributed by atoms with E-state index in [1.165, 1.54) is 30.3 Å². The molecule has 1 aliphatic heterocycles. The maximum absolute atomic E-state index is 12.7. The van der Waals surface area contributed by atoms with Gasteiger partial charge in [-0.15, -0.1) is 0 Å². The number of amides is 1. The Bertz CT molecular complexity index is 1280. The number of rotatable bonds is 6. The number of sulfonamides is 1. The van der Waals surface area contributed by atoms with Crippen LogP contribution in [0.4, 0.5) is 5.69 Å². The van der Waals surface area contributed by atoms with Crippen molar-refractivity contribution in [2.24, 2.45) is 0 Å². The average Bonchev–Trinajstić information content (AvgIpc) is 2.78. The van der Waals surface area contributed by atoms with Crippen LogP contribution in [0.1, 0.15) is 15.9 Å². The molecule has 0 unspecified atom stereocenters. The van der Waals surface area contributed by atoms with Crippen molar-refractivity contribution < 1.29 is 22.7 Å². The molecule has 0 fully saturated rings. The quantitative estimate of drug-likeness (QED) is 0.528. The monoisotopic (exact) mass is 492 g/mol. The number of fused-ring (bicyclic) bond motifs is 1. The zero-order valence-electron chi connectivity index (χ0n) is 16.6. The summed E-state index contributed by atoms with van der Waals surface area (Å²) in [4.78, 5) is 12.5. The van der Waals surface area contributed by atoms with Gasteiger partial charge in [-0.2, -0.15) is 0 Å². The third-order valence-electron chi connectivity index (χ3n) is 4.62. The lowest BCUT2D eigenvalue weighted by molar-refractivity contribution is 0.0951. The van der Waals surface area contributed by atoms with Gasteiger partial charge in [0.1, 0.15) is 18.1 Å². The number of benzene rings is 3. The van der Waals surface area contributed by atoms with Crippen LogP contribution < -0.4 is 19.5 Å². The van der Waals surface area contributed by atoms with Crippen LogP contribution in [0.15, 0.2) is 65.6 Å². The second kappa shape index (κ2) is 9.28. The third kappa shape index (κ3) is 5.09. The summed E-state index contributed by atoms with van der Waals surface area (Å²) in [6.07, 6.45) is 0. The molecule has 10 heteroatoms. The van der Waals surface area contributed by atoms with Crippen LogP contribution >= 0.6 is 23.2 Å². The number of hydrogen-bond acceptors (Lipinski definition) is 5. The van der Waals surface area contributed by atoms with E-state index in [9.17, 15) is 13.2 Å². The van der Waals surface area contributed by atoms with Crippen molar-refractivity contribution in [1.29, 1.82) is 0 Å². The van der Waals surface area contributed by atoms with Gasteiger partial charge in [-0.1, -0.05) is 35.3 Å². The summed E-state index contributed by atoms with van der Waals surface area (Å²) in [5, 5.41) is 3.08. The van der Waals surface area contributed by atoms with Crippen LogP contribution in [0.5, 0.6) is 11.5 Å². The molecule has 1 heterocycles. The molecule has 0 spiro atoms. The molecule has 4 rings (SSSR count). The Morgan fingerprint density at radius 3 is 2.53 bits per heavy atom. The van der Waals surface area contributed by atoms with Crippen molar-refractivity contribution in [3.8, 4) is 11.5 Å². The summed E-state index contributed by atoms with van der Waals surface area (Å²) >= 11 is 11.9. The summed E-state index contributed by atoms with van der Waals surface area (Å²) in [5.74, 6) is 0.951. The number of nitrogens with one attached hydrogen (secondary N) is 2. The van der Waals surface area contributed by atoms with Crippen molar-refractivity contribution in [3.05, 3.63) is 81.8 Å². The van der Waals surface area contributed by atoms with Gasteiger partial charge in [-0.3, -0.25) is 9.52 Å². The van der Waals surface area contributed by atoms with Gasteiger partial charge in [0, 0.05) is 22.8 Å². The maximum Gasteiger partial charge on any atom is 0.263 e. The van der Waals surface area contributed by atoms with Crippen molar-refractivity contribution in [2.45, 2.75) is 11.4 Å². The Kier molecular flexibility index (Phi) is 6.45. The van der Waals surface area contributed by atoms with Crippen molar-refractivity contribution >= 4 is 44.8 Å². The Balaban J connectivity index is 1.45. The largest absolute Gasteiger partial charge is 0.486 e. The van der Waals surface area contributed by atoms with Gasteiger partial charge in [0.15, 0.2) is 11.5 Å². The van der Waals surface area contributed by atoms with Gasteiger partial charge in [0.25, 0.3) is 15.9 Å². The molecule has 2 N–H and O–H groups in total. The van der Waals surface area contributed by atoms with E-state index in [4.69, 9.17) is 32.7 Å². The van der Waals surface area contributed by atoms with Crippen LogP contribution in [0.3, 0.4) is 0 Å². The number of ether oxygens (including phenoxy) is 2. The van der Waals surface area contributed by atoms with Gasteiger partial charge in [0.2, 0.25) is 0 Å². The lowest BCUT2D eigenvalue weighted by Gasteiger charge is -2.19. The molecule has 3 aromatic rings. The first-order valence-corrected chi connectivity index (χ1v) is 11.8. The summed E-state index contributed by atoms with van der Waals surface area (Å²) in [6.45, 7) is 1.25. The third-order valence-corrected chi connectivity index (χ3v) is 6.72. The van der Waals surface area contributed by atoms with E-state index in [1.54, 1.807) is 18.2 Å². The van der Waals surface area contributed by atoms with Gasteiger partial charge < -0.3 is 14.8 Å². The van der Waals surface area contributed by atoms with Crippen LogP contribution in [-0.2, 0) is 16.6 Å². The fourth-order valence-electron chi connectivity index (χ4n) is 3.10. The molecule has 166 valence electrons. The molecule has 0 saturated heterocycles. The normalized spacial score (nSPS) is 12.8. The highest BCUT2D eigenvalue weighted by Crippen LogP contribution is 2.31. The van der Waals surface area contributed by atoms with Gasteiger partial charge >= 0.3 is 0 Å². The topological polar surface area (TPSA) is 93.7 Å². The number of carbonyl (C=O) groups excluding carboxylic acids is 1. The fourth-order valence-corrected chi connectivity index (χ4v) is 4.91. The predicted molar refractivity (Wildman–Crippen MR) is 122 cm³/mol. The summed E-state index contributed by atoms with van der Waals surface area (Å²) in [5.41, 5.74) is 1.35. The number of carbonyl (C=O) groups is 1. The van der Waals surface area contributed by atoms with Crippen LogP contribution in [-0.4, -0.2) is 27.5 Å². The summed E-state index contributed by atoms with van der Waals surface area (Å²) in [7, 11) is -4.00. The summed E-state index contributed by atoms with van der Waals surface area (Å²) < 4.78 is 38.9. The van der Waals surface area contributed by atoms with E-state index in [0.717, 1.165) is 5.56 Å². The Labute approximate surface area is 195 Å². The van der Waals surface area contributed by atoms with Gasteiger partial charge in [-0.25, -0.2) is 8.42 Å². The Hall–Kier alpha value is -2.94. The SMILES string of the molecule is O=C(NCc1ccc2c(c1)OCCO2)c1cccc(NS(=O)(=O)c2cc(Cl)ccc2Cl)c1. The van der Waals surface area contributed by atoms with Crippen LogP contribution in [0.25, 0.3) is 0 Å². The molecule has 32 heavy (non-hydrogen) atoms. The van der Waals surface area contributed by atoms with E-state index in [1.807, 2.05) is 12.1 Å². The molecule has 0 radical (unpaired) electrons. The van der Waals surface area contributed by atoms with E-state index < -0.39 is 10.0 Å². The minimum absolute atomic E-state index is 0.0372. The number of halogens is 2. The first-order chi connectivity index (χ1) is 15.3. The van der Waals surface area contributed by atoms with Crippen LogP contribution in [0.2, 0.25) is 10.0 Å². The molecule has 3 aromatic carbocycles. The Morgan fingerprint density at radius 2 is 1.72 bits per heavy atom. The fraction of sp³-hybridized carbons (Fsp3) is 0.136. The van der Waals surface area contributed by atoms with E-state index in [-0.39, 0.29) is 33.1 Å². The van der Waals surface area contributed by atoms with Gasteiger partial charge in [0.05, 0.1) is 5.02 Å². The number of hydrogen-bond donors (Lipinski definition) is 2. The molecule has 0 aromatic heterocycles. The zero-order chi connectivity index (χ0) is 22.7. The van der Waals surface area contributed by atoms with Crippen LogP contribution in [0, 0.1) is 0 Å². The van der Waals surface area contributed by atoms with E-state index >= 15 is 0 Å². The first kappa shape index (κ1) is 22.3. The van der Waals surface area contributed by atoms with Crippen molar-refractivity contribution in [2.75, 3.05) is 17.9 Å². The highest BCUT2D eigenvalue weighted by Gasteiger charge is 2.19. The van der Waals surface area contributed by atoms with E-state index in [0.29, 0.717) is 30.3 Å². The molecule has 1 aliphatic rings. The predicted octanol–water partition coefficient (Wildman–Crippen LogP) is 4.50. The van der Waals surface area contributed by atoms with Crippen molar-refractivity contribution in [1.82, 2.24) is 5.32 Å². The van der Waals surface area contributed by atoms with Crippen molar-refractivity contribution in [3.63, 3.8) is 0 Å². The lowest BCUT2D eigenvalue weighted by Crippen LogP contribution is -2.23. The minimum Gasteiger partial charge on any atom is -0.486 e. The smallest absolute Gasteiger partial charge is 0.263 e. The minimum atomic E-state index is -4.00. The molecule has 0 atom stereocenters. The average molecular weight is 493 g/mol. The number of anilines is 1. The molecule has 0 bridgehead atoms. The standard InChI is InChI=1S/C22H18Cl2N2O5S/c23-16-5-6-18(24)21(12-16)32(28,29)26-17-3-1-2-15(11-17)22(27)25-13-14-4-7-19-20(10-14)31-9-8-30-19/h1-7,10-12,26H,8-9,13H2,(H,25,27).